The van der Waals surface area contributed by atoms with Crippen molar-refractivity contribution in [3.05, 3.63) is 48.0 Å². The second-order valence-corrected chi connectivity index (χ2v) is 10.0. The van der Waals surface area contributed by atoms with Gasteiger partial charge in [-0.2, -0.15) is 0 Å². The Bertz CT molecular complexity index is 973. The first-order valence-electron chi connectivity index (χ1n) is 8.92. The van der Waals surface area contributed by atoms with Crippen LogP contribution in [-0.4, -0.2) is 32.7 Å². The lowest BCUT2D eigenvalue weighted by Crippen LogP contribution is -2.37. The van der Waals surface area contributed by atoms with Gasteiger partial charge in [0.25, 0.3) is 10.0 Å². The summed E-state index contributed by atoms with van der Waals surface area (Å²) in [6.45, 7) is 8.23. The van der Waals surface area contributed by atoms with Gasteiger partial charge in [-0.25, -0.2) is 8.42 Å². The molecule has 0 fully saturated rings. The zero-order valence-corrected chi connectivity index (χ0v) is 17.6. The Morgan fingerprint density at radius 3 is 2.63 bits per heavy atom. The van der Waals surface area contributed by atoms with E-state index < -0.39 is 10.0 Å². The standard InChI is InChI=1S/C20H24N2O3S2/c1-5-22(17-8-6-7-14(2)11-17)27(24,25)18-9-10-20-19(12-18)21(16(4)23)13-15(3)26-20/h6-12,15H,5,13H2,1-4H3/t15-/m0/s1. The molecule has 2 aromatic rings. The fourth-order valence-electron chi connectivity index (χ4n) is 3.28. The van der Waals surface area contributed by atoms with Gasteiger partial charge in [-0.3, -0.25) is 9.10 Å². The Labute approximate surface area is 165 Å². The summed E-state index contributed by atoms with van der Waals surface area (Å²) >= 11 is 1.66. The molecule has 1 aliphatic rings. The van der Waals surface area contributed by atoms with E-state index in [0.717, 1.165) is 10.5 Å². The monoisotopic (exact) mass is 404 g/mol. The summed E-state index contributed by atoms with van der Waals surface area (Å²) in [5.74, 6) is -0.0796. The minimum absolute atomic E-state index is 0.0796. The highest BCUT2D eigenvalue weighted by molar-refractivity contribution is 8.00. The van der Waals surface area contributed by atoms with Crippen LogP contribution in [0.2, 0.25) is 0 Å². The lowest BCUT2D eigenvalue weighted by atomic mass is 10.2. The number of thioether (sulfide) groups is 1. The predicted molar refractivity (Wildman–Crippen MR) is 111 cm³/mol. The van der Waals surface area contributed by atoms with Crippen LogP contribution >= 0.6 is 11.8 Å². The van der Waals surface area contributed by atoms with Crippen LogP contribution in [-0.2, 0) is 14.8 Å². The molecule has 0 aromatic heterocycles. The van der Waals surface area contributed by atoms with Crippen molar-refractivity contribution in [1.29, 1.82) is 0 Å². The summed E-state index contributed by atoms with van der Waals surface area (Å²) in [4.78, 5) is 14.9. The minimum atomic E-state index is -3.73. The minimum Gasteiger partial charge on any atom is -0.310 e. The molecule has 0 saturated heterocycles. The molecule has 0 unspecified atom stereocenters. The quantitative estimate of drug-likeness (QED) is 0.771. The highest BCUT2D eigenvalue weighted by atomic mass is 32.2. The van der Waals surface area contributed by atoms with Crippen LogP contribution in [0.1, 0.15) is 26.3 Å². The fourth-order valence-corrected chi connectivity index (χ4v) is 5.86. The first kappa shape index (κ1) is 19.8. The van der Waals surface area contributed by atoms with Gasteiger partial charge in [0, 0.05) is 30.2 Å². The van der Waals surface area contributed by atoms with Gasteiger partial charge in [-0.1, -0.05) is 19.1 Å². The van der Waals surface area contributed by atoms with Crippen molar-refractivity contribution in [2.75, 3.05) is 22.3 Å². The number of benzene rings is 2. The average molecular weight is 405 g/mol. The van der Waals surface area contributed by atoms with Crippen molar-refractivity contribution < 1.29 is 13.2 Å². The van der Waals surface area contributed by atoms with Crippen molar-refractivity contribution in [3.63, 3.8) is 0 Å². The molecular weight excluding hydrogens is 380 g/mol. The van der Waals surface area contributed by atoms with Crippen molar-refractivity contribution in [2.45, 2.75) is 42.7 Å². The van der Waals surface area contributed by atoms with Crippen molar-refractivity contribution in [2.24, 2.45) is 0 Å². The first-order valence-corrected chi connectivity index (χ1v) is 11.2. The largest absolute Gasteiger partial charge is 0.310 e. The molecule has 0 spiro atoms. The van der Waals surface area contributed by atoms with Gasteiger partial charge < -0.3 is 4.90 Å². The second-order valence-electron chi connectivity index (χ2n) is 6.70. The average Bonchev–Trinajstić information content (AvgIpc) is 2.60. The van der Waals surface area contributed by atoms with E-state index in [1.165, 1.54) is 11.2 Å². The molecule has 0 radical (unpaired) electrons. The van der Waals surface area contributed by atoms with E-state index in [1.54, 1.807) is 34.9 Å². The van der Waals surface area contributed by atoms with Crippen LogP contribution in [0.15, 0.2) is 52.3 Å². The Balaban J connectivity index is 2.07. The first-order chi connectivity index (χ1) is 12.7. The summed E-state index contributed by atoms with van der Waals surface area (Å²) in [5.41, 5.74) is 2.31. The van der Waals surface area contributed by atoms with Crippen LogP contribution in [0.4, 0.5) is 11.4 Å². The maximum absolute atomic E-state index is 13.3. The molecule has 0 aliphatic carbocycles. The molecular formula is C20H24N2O3S2. The van der Waals surface area contributed by atoms with Gasteiger partial charge in [-0.15, -0.1) is 11.8 Å². The zero-order chi connectivity index (χ0) is 19.8. The molecule has 1 heterocycles. The molecule has 0 bridgehead atoms. The number of anilines is 2. The molecule has 1 amide bonds. The van der Waals surface area contributed by atoms with Crippen molar-refractivity contribution in [1.82, 2.24) is 0 Å². The molecule has 0 N–H and O–H groups in total. The van der Waals surface area contributed by atoms with Gasteiger partial charge in [0.05, 0.1) is 16.3 Å². The SMILES string of the molecule is CCN(c1cccc(C)c1)S(=O)(=O)c1ccc2c(c1)N(C(C)=O)C[C@H](C)S2. The third kappa shape index (κ3) is 3.84. The van der Waals surface area contributed by atoms with Gasteiger partial charge in [0.2, 0.25) is 5.91 Å². The van der Waals surface area contributed by atoms with Crippen LogP contribution in [0.3, 0.4) is 0 Å². The summed E-state index contributed by atoms with van der Waals surface area (Å²) in [5, 5.41) is 0.267. The number of fused-ring (bicyclic) bond motifs is 1. The number of rotatable bonds is 4. The number of carbonyl (C=O) groups excluding carboxylic acids is 1. The molecule has 1 atom stereocenters. The predicted octanol–water partition coefficient (Wildman–Crippen LogP) is 4.06. The van der Waals surface area contributed by atoms with Crippen LogP contribution < -0.4 is 9.21 Å². The number of nitrogens with zero attached hydrogens (tertiary/aromatic N) is 2. The smallest absolute Gasteiger partial charge is 0.264 e. The normalized spacial score (nSPS) is 16.7. The molecule has 2 aromatic carbocycles. The maximum atomic E-state index is 13.3. The highest BCUT2D eigenvalue weighted by Gasteiger charge is 2.29. The molecule has 3 rings (SSSR count). The second kappa shape index (κ2) is 7.56. The third-order valence-corrected chi connectivity index (χ3v) is 7.58. The lowest BCUT2D eigenvalue weighted by molar-refractivity contribution is -0.116. The maximum Gasteiger partial charge on any atom is 0.264 e. The molecule has 27 heavy (non-hydrogen) atoms. The Hall–Kier alpha value is -1.99. The van der Waals surface area contributed by atoms with Gasteiger partial charge in [0.15, 0.2) is 0 Å². The summed E-state index contributed by atoms with van der Waals surface area (Å²) in [6.07, 6.45) is 0. The van der Waals surface area contributed by atoms with E-state index in [1.807, 2.05) is 38.1 Å². The Kier molecular flexibility index (Phi) is 5.53. The molecule has 144 valence electrons. The highest BCUT2D eigenvalue weighted by Crippen LogP contribution is 2.40. The van der Waals surface area contributed by atoms with Crippen molar-refractivity contribution in [3.8, 4) is 0 Å². The molecule has 0 saturated carbocycles. The topological polar surface area (TPSA) is 57.7 Å². The van der Waals surface area contributed by atoms with E-state index in [4.69, 9.17) is 0 Å². The molecule has 1 aliphatic heterocycles. The van der Waals surface area contributed by atoms with Crippen LogP contribution in [0, 0.1) is 6.92 Å². The summed E-state index contributed by atoms with van der Waals surface area (Å²) in [7, 11) is -3.73. The molecule has 7 heteroatoms. The zero-order valence-electron chi connectivity index (χ0n) is 16.0. The number of hydrogen-bond donors (Lipinski definition) is 0. The van der Waals surface area contributed by atoms with E-state index >= 15 is 0 Å². The lowest BCUT2D eigenvalue weighted by Gasteiger charge is -2.32. The third-order valence-electron chi connectivity index (χ3n) is 4.53. The number of amides is 1. The fraction of sp³-hybridized carbons (Fsp3) is 0.350. The van der Waals surface area contributed by atoms with E-state index in [-0.39, 0.29) is 16.1 Å². The van der Waals surface area contributed by atoms with E-state index in [9.17, 15) is 13.2 Å². The van der Waals surface area contributed by atoms with E-state index in [2.05, 4.69) is 6.92 Å². The number of aryl methyl sites for hydroxylation is 1. The number of carbonyl (C=O) groups is 1. The summed E-state index contributed by atoms with van der Waals surface area (Å²) < 4.78 is 28.0. The number of hydrogen-bond acceptors (Lipinski definition) is 4. The van der Waals surface area contributed by atoms with Crippen LogP contribution in [0.25, 0.3) is 0 Å². The van der Waals surface area contributed by atoms with E-state index in [0.29, 0.717) is 24.5 Å². The van der Waals surface area contributed by atoms with Gasteiger partial charge >= 0.3 is 0 Å². The number of sulfonamides is 1. The van der Waals surface area contributed by atoms with Crippen molar-refractivity contribution >= 4 is 39.1 Å². The van der Waals surface area contributed by atoms with Gasteiger partial charge in [-0.05, 0) is 49.7 Å². The Morgan fingerprint density at radius 1 is 1.26 bits per heavy atom. The summed E-state index contributed by atoms with van der Waals surface area (Å²) in [6, 6.07) is 12.5. The van der Waals surface area contributed by atoms with Gasteiger partial charge in [0.1, 0.15) is 0 Å². The van der Waals surface area contributed by atoms with Crippen LogP contribution in [0.5, 0.6) is 0 Å². The molecule has 5 nitrogen and oxygen atoms in total. The Morgan fingerprint density at radius 2 is 2.00 bits per heavy atom.